The van der Waals surface area contributed by atoms with E-state index >= 15 is 0 Å². The maximum absolute atomic E-state index is 10.9. The first-order valence-electron chi connectivity index (χ1n) is 6.19. The van der Waals surface area contributed by atoms with Gasteiger partial charge in [-0.05, 0) is 36.8 Å². The molecule has 2 unspecified atom stereocenters. The molecule has 0 saturated carbocycles. The Morgan fingerprint density at radius 2 is 2.19 bits per heavy atom. The molecule has 0 amide bonds. The van der Waals surface area contributed by atoms with E-state index in [9.17, 15) is 5.11 Å². The molecule has 3 rings (SSSR count). The van der Waals surface area contributed by atoms with Gasteiger partial charge in [0.05, 0.1) is 12.2 Å². The molecule has 1 aromatic rings. The van der Waals surface area contributed by atoms with Crippen molar-refractivity contribution in [3.8, 4) is 0 Å². The van der Waals surface area contributed by atoms with Crippen LogP contribution in [0.5, 0.6) is 0 Å². The Balaban J connectivity index is 1.94. The van der Waals surface area contributed by atoms with Gasteiger partial charge in [-0.2, -0.15) is 0 Å². The minimum Gasteiger partial charge on any atom is -0.385 e. The SMILES string of the molecule is OC1(C2CCCOC2)CCc2ccccc21. The summed E-state index contributed by atoms with van der Waals surface area (Å²) in [5.74, 6) is 0.282. The minimum absolute atomic E-state index is 0.282. The first-order valence-corrected chi connectivity index (χ1v) is 6.19. The van der Waals surface area contributed by atoms with Crippen LogP contribution in [0.1, 0.15) is 30.4 Å². The van der Waals surface area contributed by atoms with Crippen molar-refractivity contribution in [2.45, 2.75) is 31.3 Å². The van der Waals surface area contributed by atoms with Gasteiger partial charge in [0.25, 0.3) is 0 Å². The number of hydrogen-bond acceptors (Lipinski definition) is 2. The number of aryl methyl sites for hydroxylation is 1. The van der Waals surface area contributed by atoms with Crippen molar-refractivity contribution >= 4 is 0 Å². The predicted molar refractivity (Wildman–Crippen MR) is 62.2 cm³/mol. The summed E-state index contributed by atoms with van der Waals surface area (Å²) in [7, 11) is 0. The van der Waals surface area contributed by atoms with Crippen LogP contribution in [0.15, 0.2) is 24.3 Å². The van der Waals surface area contributed by atoms with Crippen LogP contribution in [-0.2, 0) is 16.8 Å². The average molecular weight is 218 g/mol. The molecule has 0 radical (unpaired) electrons. The Labute approximate surface area is 96.2 Å². The molecule has 2 atom stereocenters. The second-order valence-corrected chi connectivity index (χ2v) is 5.00. The van der Waals surface area contributed by atoms with Crippen molar-refractivity contribution in [2.24, 2.45) is 5.92 Å². The van der Waals surface area contributed by atoms with Crippen LogP contribution in [0.4, 0.5) is 0 Å². The first kappa shape index (κ1) is 10.3. The van der Waals surface area contributed by atoms with Gasteiger partial charge < -0.3 is 9.84 Å². The summed E-state index contributed by atoms with van der Waals surface area (Å²) in [6, 6.07) is 8.30. The molecule has 1 fully saturated rings. The average Bonchev–Trinajstić information content (AvgIpc) is 2.71. The minimum atomic E-state index is -0.628. The lowest BCUT2D eigenvalue weighted by Crippen LogP contribution is -2.38. The smallest absolute Gasteiger partial charge is 0.0952 e. The summed E-state index contributed by atoms with van der Waals surface area (Å²) < 4.78 is 5.51. The van der Waals surface area contributed by atoms with E-state index in [-0.39, 0.29) is 5.92 Å². The number of fused-ring (bicyclic) bond motifs is 1. The standard InChI is InChI=1S/C14H18O2/c15-14(12-5-3-9-16-10-12)8-7-11-4-1-2-6-13(11)14/h1-2,4,6,12,15H,3,5,7-10H2. The van der Waals surface area contributed by atoms with Gasteiger partial charge in [-0.1, -0.05) is 24.3 Å². The Morgan fingerprint density at radius 1 is 1.31 bits per heavy atom. The fraction of sp³-hybridized carbons (Fsp3) is 0.571. The number of hydrogen-bond donors (Lipinski definition) is 1. The van der Waals surface area contributed by atoms with E-state index in [0.717, 1.165) is 37.9 Å². The second-order valence-electron chi connectivity index (χ2n) is 5.00. The number of aliphatic hydroxyl groups is 1. The van der Waals surface area contributed by atoms with E-state index in [2.05, 4.69) is 18.2 Å². The van der Waals surface area contributed by atoms with Gasteiger partial charge in [0.1, 0.15) is 0 Å². The molecule has 1 saturated heterocycles. The van der Waals surface area contributed by atoms with Gasteiger partial charge in [-0.3, -0.25) is 0 Å². The Morgan fingerprint density at radius 3 is 3.00 bits per heavy atom. The first-order chi connectivity index (χ1) is 7.81. The molecule has 1 N–H and O–H groups in total. The van der Waals surface area contributed by atoms with Gasteiger partial charge in [-0.15, -0.1) is 0 Å². The molecule has 2 aliphatic rings. The van der Waals surface area contributed by atoms with Gasteiger partial charge in [0, 0.05) is 12.5 Å². The van der Waals surface area contributed by atoms with E-state index in [1.165, 1.54) is 5.56 Å². The van der Waals surface area contributed by atoms with E-state index in [4.69, 9.17) is 4.74 Å². The zero-order chi connectivity index (χ0) is 11.0. The highest BCUT2D eigenvalue weighted by atomic mass is 16.5. The third-order valence-corrected chi connectivity index (χ3v) is 4.09. The topological polar surface area (TPSA) is 29.5 Å². The lowest BCUT2D eigenvalue weighted by Gasteiger charge is -2.36. The zero-order valence-corrected chi connectivity index (χ0v) is 9.48. The van der Waals surface area contributed by atoms with Gasteiger partial charge in [-0.25, -0.2) is 0 Å². The Kier molecular flexibility index (Phi) is 2.49. The third-order valence-electron chi connectivity index (χ3n) is 4.09. The zero-order valence-electron chi connectivity index (χ0n) is 9.48. The number of ether oxygens (including phenoxy) is 1. The molecule has 16 heavy (non-hydrogen) atoms. The summed E-state index contributed by atoms with van der Waals surface area (Å²) in [5, 5.41) is 10.9. The van der Waals surface area contributed by atoms with Gasteiger partial charge >= 0.3 is 0 Å². The molecule has 1 aliphatic heterocycles. The van der Waals surface area contributed by atoms with Gasteiger partial charge in [0.15, 0.2) is 0 Å². The second kappa shape index (κ2) is 3.86. The summed E-state index contributed by atoms with van der Waals surface area (Å²) in [6.07, 6.45) is 4.03. The van der Waals surface area contributed by atoms with Crippen LogP contribution >= 0.6 is 0 Å². The molecular formula is C14H18O2. The van der Waals surface area contributed by atoms with Crippen molar-refractivity contribution in [3.63, 3.8) is 0 Å². The van der Waals surface area contributed by atoms with Crippen molar-refractivity contribution in [2.75, 3.05) is 13.2 Å². The molecule has 2 heteroatoms. The monoisotopic (exact) mass is 218 g/mol. The quantitative estimate of drug-likeness (QED) is 0.783. The molecule has 1 heterocycles. The van der Waals surface area contributed by atoms with Crippen LogP contribution in [0.3, 0.4) is 0 Å². The number of rotatable bonds is 1. The molecular weight excluding hydrogens is 200 g/mol. The largest absolute Gasteiger partial charge is 0.385 e. The molecule has 0 aromatic heterocycles. The van der Waals surface area contributed by atoms with Crippen molar-refractivity contribution < 1.29 is 9.84 Å². The summed E-state index contributed by atoms with van der Waals surface area (Å²) in [5.41, 5.74) is 1.83. The van der Waals surface area contributed by atoms with Crippen LogP contribution < -0.4 is 0 Å². The van der Waals surface area contributed by atoms with Crippen LogP contribution in [0.25, 0.3) is 0 Å². The normalized spacial score (nSPS) is 33.7. The lowest BCUT2D eigenvalue weighted by atomic mass is 9.79. The summed E-state index contributed by atoms with van der Waals surface area (Å²) >= 11 is 0. The summed E-state index contributed by atoms with van der Waals surface area (Å²) in [6.45, 7) is 1.57. The molecule has 0 bridgehead atoms. The maximum atomic E-state index is 10.9. The molecule has 1 aliphatic carbocycles. The van der Waals surface area contributed by atoms with Crippen LogP contribution in [-0.4, -0.2) is 18.3 Å². The maximum Gasteiger partial charge on any atom is 0.0952 e. The fourth-order valence-electron chi connectivity index (χ4n) is 3.16. The van der Waals surface area contributed by atoms with E-state index in [1.54, 1.807) is 0 Å². The summed E-state index contributed by atoms with van der Waals surface area (Å²) in [4.78, 5) is 0. The highest BCUT2D eigenvalue weighted by Gasteiger charge is 2.43. The van der Waals surface area contributed by atoms with Crippen molar-refractivity contribution in [3.05, 3.63) is 35.4 Å². The Hall–Kier alpha value is -0.860. The van der Waals surface area contributed by atoms with E-state index < -0.39 is 5.60 Å². The van der Waals surface area contributed by atoms with Crippen LogP contribution in [0.2, 0.25) is 0 Å². The lowest BCUT2D eigenvalue weighted by molar-refractivity contribution is -0.0828. The predicted octanol–water partition coefficient (Wildman–Crippen LogP) is 2.25. The van der Waals surface area contributed by atoms with Gasteiger partial charge in [0.2, 0.25) is 0 Å². The number of benzene rings is 1. The highest BCUT2D eigenvalue weighted by molar-refractivity contribution is 5.37. The van der Waals surface area contributed by atoms with E-state index in [1.807, 2.05) is 6.07 Å². The van der Waals surface area contributed by atoms with Crippen molar-refractivity contribution in [1.82, 2.24) is 0 Å². The van der Waals surface area contributed by atoms with Crippen LogP contribution in [0, 0.1) is 5.92 Å². The molecule has 1 aromatic carbocycles. The molecule has 86 valence electrons. The third kappa shape index (κ3) is 1.48. The Bertz CT molecular complexity index is 382. The highest BCUT2D eigenvalue weighted by Crippen LogP contribution is 2.44. The van der Waals surface area contributed by atoms with E-state index in [0.29, 0.717) is 6.61 Å². The molecule has 0 spiro atoms. The molecule has 2 nitrogen and oxygen atoms in total. The fourth-order valence-corrected chi connectivity index (χ4v) is 3.16. The van der Waals surface area contributed by atoms with Crippen molar-refractivity contribution in [1.29, 1.82) is 0 Å².